The Kier molecular flexibility index (Phi) is 4.72. The molecule has 112 valence electrons. The summed E-state index contributed by atoms with van der Waals surface area (Å²) in [6.45, 7) is 3.53. The lowest BCUT2D eigenvalue weighted by atomic mass is 10.1. The van der Waals surface area contributed by atoms with E-state index in [1.54, 1.807) is 37.6 Å². The summed E-state index contributed by atoms with van der Waals surface area (Å²) in [5.41, 5.74) is 6.98. The van der Waals surface area contributed by atoms with Crippen molar-refractivity contribution in [2.45, 2.75) is 24.8 Å². The minimum Gasteiger partial charge on any atom is -0.389 e. The molecule has 0 spiro atoms. The van der Waals surface area contributed by atoms with Gasteiger partial charge in [-0.2, -0.15) is 0 Å². The molecule has 8 heteroatoms. The number of rotatable bonds is 5. The minimum absolute atomic E-state index is 0.184. The highest BCUT2D eigenvalue weighted by molar-refractivity contribution is 7.89. The van der Waals surface area contributed by atoms with Gasteiger partial charge >= 0.3 is 0 Å². The molecule has 1 aromatic carbocycles. The molecule has 1 heterocycles. The molecule has 5 nitrogen and oxygen atoms in total. The van der Waals surface area contributed by atoms with Crippen LogP contribution in [0.5, 0.6) is 0 Å². The van der Waals surface area contributed by atoms with Crippen molar-refractivity contribution < 1.29 is 8.42 Å². The van der Waals surface area contributed by atoms with Gasteiger partial charge in [-0.3, -0.25) is 0 Å². The Hall–Kier alpha value is -1.35. The molecule has 2 aromatic rings. The second-order valence-corrected chi connectivity index (χ2v) is 7.63. The molecule has 1 atom stereocenters. The van der Waals surface area contributed by atoms with E-state index in [0.29, 0.717) is 5.56 Å². The molecule has 3 N–H and O–H groups in total. The molecule has 21 heavy (non-hydrogen) atoms. The molecule has 0 radical (unpaired) electrons. The van der Waals surface area contributed by atoms with Gasteiger partial charge in [0.15, 0.2) is 0 Å². The summed E-state index contributed by atoms with van der Waals surface area (Å²) in [4.78, 5) is 4.54. The van der Waals surface area contributed by atoms with Crippen molar-refractivity contribution in [3.05, 3.63) is 45.9 Å². The van der Waals surface area contributed by atoms with Gasteiger partial charge in [-0.05, 0) is 31.5 Å². The van der Waals surface area contributed by atoms with E-state index in [1.165, 1.54) is 17.4 Å². The van der Waals surface area contributed by atoms with E-state index in [9.17, 15) is 8.42 Å². The maximum atomic E-state index is 12.4. The number of aryl methyl sites for hydroxylation is 1. The van der Waals surface area contributed by atoms with Crippen LogP contribution in [0.4, 0.5) is 0 Å². The third-order valence-corrected chi connectivity index (χ3v) is 5.64. The predicted octanol–water partition coefficient (Wildman–Crippen LogP) is 2.13. The Bertz CT molecular complexity index is 755. The first-order valence-corrected chi connectivity index (χ1v) is 8.90. The molecule has 2 rings (SSSR count). The number of nitrogens with two attached hydrogens (primary N) is 1. The Morgan fingerprint density at radius 1 is 1.48 bits per heavy atom. The van der Waals surface area contributed by atoms with Crippen LogP contribution in [-0.2, 0) is 10.0 Å². The maximum absolute atomic E-state index is 12.4. The van der Waals surface area contributed by atoms with E-state index < -0.39 is 10.0 Å². The molecule has 0 saturated carbocycles. The minimum atomic E-state index is -3.62. The van der Waals surface area contributed by atoms with Crippen LogP contribution in [0.15, 0.2) is 34.7 Å². The lowest BCUT2D eigenvalue weighted by Gasteiger charge is -2.13. The zero-order valence-corrected chi connectivity index (χ0v) is 14.0. The highest BCUT2D eigenvalue weighted by Crippen LogP contribution is 2.20. The van der Waals surface area contributed by atoms with Crippen LogP contribution < -0.4 is 10.5 Å². The molecule has 0 aliphatic carbocycles. The van der Waals surface area contributed by atoms with Crippen LogP contribution in [0.2, 0.25) is 0 Å². The third-order valence-electron chi connectivity index (χ3n) is 2.93. The van der Waals surface area contributed by atoms with E-state index in [0.717, 1.165) is 10.6 Å². The quantitative estimate of drug-likeness (QED) is 0.814. The number of hydrogen-bond donors (Lipinski definition) is 2. The van der Waals surface area contributed by atoms with Crippen LogP contribution in [0.3, 0.4) is 0 Å². The number of nitrogens with one attached hydrogen (secondary N) is 1. The Labute approximate surface area is 133 Å². The number of benzene rings is 1. The number of nitrogens with zero attached hydrogens (tertiary/aromatic N) is 1. The fourth-order valence-corrected chi connectivity index (χ4v) is 4.12. The van der Waals surface area contributed by atoms with Gasteiger partial charge in [0.2, 0.25) is 10.0 Å². The molecule has 1 unspecified atom stereocenters. The number of hydrogen-bond acceptors (Lipinski definition) is 5. The molecule has 1 aromatic heterocycles. The summed E-state index contributed by atoms with van der Waals surface area (Å²) in [6, 6.07) is 4.30. The zero-order valence-electron chi connectivity index (χ0n) is 11.5. The molecule has 0 aliphatic heterocycles. The van der Waals surface area contributed by atoms with Crippen LogP contribution >= 0.6 is 23.6 Å². The number of sulfonamides is 1. The zero-order chi connectivity index (χ0) is 15.6. The van der Waals surface area contributed by atoms with Gasteiger partial charge < -0.3 is 5.73 Å². The lowest BCUT2D eigenvalue weighted by molar-refractivity contribution is 0.566. The highest BCUT2D eigenvalue weighted by Gasteiger charge is 2.20. The first kappa shape index (κ1) is 16.0. The summed E-state index contributed by atoms with van der Waals surface area (Å²) < 4.78 is 27.4. The summed E-state index contributed by atoms with van der Waals surface area (Å²) in [5.74, 6) is 0. The number of thiocarbonyl (C=S) groups is 1. The van der Waals surface area contributed by atoms with Gasteiger partial charge in [0.05, 0.1) is 10.9 Å². The summed E-state index contributed by atoms with van der Waals surface area (Å²) in [5, 5.41) is 2.52. The number of thiazole rings is 1. The largest absolute Gasteiger partial charge is 0.389 e. The smallest absolute Gasteiger partial charge is 0.241 e. The SMILES string of the molecule is Cc1cc(S(=O)(=O)NC(C)c2nccs2)ccc1C(N)=S. The van der Waals surface area contributed by atoms with Gasteiger partial charge in [0, 0.05) is 17.1 Å². The first-order chi connectivity index (χ1) is 9.81. The van der Waals surface area contributed by atoms with E-state index in [4.69, 9.17) is 18.0 Å². The second-order valence-electron chi connectivity index (χ2n) is 4.55. The van der Waals surface area contributed by atoms with Gasteiger partial charge in [-0.15, -0.1) is 11.3 Å². The van der Waals surface area contributed by atoms with Gasteiger partial charge in [0.25, 0.3) is 0 Å². The average Bonchev–Trinajstić information content (AvgIpc) is 2.91. The summed E-state index contributed by atoms with van der Waals surface area (Å²) >= 11 is 6.32. The molecule has 0 aliphatic rings. The molecule has 0 bridgehead atoms. The highest BCUT2D eigenvalue weighted by atomic mass is 32.2. The fraction of sp³-hybridized carbons (Fsp3) is 0.231. The lowest BCUT2D eigenvalue weighted by Crippen LogP contribution is -2.27. The number of aromatic nitrogens is 1. The molecule has 0 amide bonds. The van der Waals surface area contributed by atoms with Crippen molar-refractivity contribution in [2.75, 3.05) is 0 Å². The average molecular weight is 341 g/mol. The van der Waals surface area contributed by atoms with Crippen molar-refractivity contribution in [3.63, 3.8) is 0 Å². The van der Waals surface area contributed by atoms with E-state index >= 15 is 0 Å². The normalized spacial score (nSPS) is 13.0. The topological polar surface area (TPSA) is 85.1 Å². The second kappa shape index (κ2) is 6.18. The molecular formula is C13H15N3O2S3. The van der Waals surface area contributed by atoms with Crippen LogP contribution in [0.25, 0.3) is 0 Å². The maximum Gasteiger partial charge on any atom is 0.241 e. The summed E-state index contributed by atoms with van der Waals surface area (Å²) in [6.07, 6.45) is 1.64. The third kappa shape index (κ3) is 3.65. The van der Waals surface area contributed by atoms with E-state index in [2.05, 4.69) is 9.71 Å². The Balaban J connectivity index is 2.28. The van der Waals surface area contributed by atoms with Crippen molar-refractivity contribution >= 4 is 38.6 Å². The Morgan fingerprint density at radius 2 is 2.19 bits per heavy atom. The van der Waals surface area contributed by atoms with Crippen LogP contribution in [-0.4, -0.2) is 18.4 Å². The van der Waals surface area contributed by atoms with Crippen LogP contribution in [0.1, 0.15) is 29.1 Å². The van der Waals surface area contributed by atoms with Crippen molar-refractivity contribution in [3.8, 4) is 0 Å². The fourth-order valence-electron chi connectivity index (χ4n) is 1.88. The Morgan fingerprint density at radius 3 is 2.71 bits per heavy atom. The van der Waals surface area contributed by atoms with Crippen molar-refractivity contribution in [1.29, 1.82) is 0 Å². The van der Waals surface area contributed by atoms with E-state index in [1.807, 2.05) is 0 Å². The first-order valence-electron chi connectivity index (χ1n) is 6.13. The van der Waals surface area contributed by atoms with Gasteiger partial charge in [0.1, 0.15) is 10.00 Å². The monoisotopic (exact) mass is 341 g/mol. The standard InChI is InChI=1S/C13H15N3O2S3/c1-8-7-10(3-4-11(8)12(14)19)21(17,18)16-9(2)13-15-5-6-20-13/h3-7,9,16H,1-2H3,(H2,14,19). The molecule has 0 fully saturated rings. The predicted molar refractivity (Wildman–Crippen MR) is 87.9 cm³/mol. The van der Waals surface area contributed by atoms with Gasteiger partial charge in [-0.25, -0.2) is 18.1 Å². The van der Waals surface area contributed by atoms with Crippen LogP contribution in [0, 0.1) is 6.92 Å². The van der Waals surface area contributed by atoms with Crippen molar-refractivity contribution in [2.24, 2.45) is 5.73 Å². The van der Waals surface area contributed by atoms with Gasteiger partial charge in [-0.1, -0.05) is 18.3 Å². The van der Waals surface area contributed by atoms with E-state index in [-0.39, 0.29) is 15.9 Å². The molecule has 0 saturated heterocycles. The van der Waals surface area contributed by atoms with Crippen molar-refractivity contribution in [1.82, 2.24) is 9.71 Å². The summed E-state index contributed by atoms with van der Waals surface area (Å²) in [7, 11) is -3.62. The molecular weight excluding hydrogens is 326 g/mol.